The second kappa shape index (κ2) is 11.4. The summed E-state index contributed by atoms with van der Waals surface area (Å²) in [5.74, 6) is 0. The first-order valence-electron chi connectivity index (χ1n) is 11.6. The molecule has 9 nitrogen and oxygen atoms in total. The molecular formula is C24H29F3N4O5S. The van der Waals surface area contributed by atoms with E-state index >= 15 is 0 Å². The number of sulfonamides is 1. The van der Waals surface area contributed by atoms with Crippen molar-refractivity contribution < 1.29 is 36.3 Å². The van der Waals surface area contributed by atoms with Crippen molar-refractivity contribution in [2.75, 3.05) is 18.4 Å². The van der Waals surface area contributed by atoms with E-state index in [4.69, 9.17) is 5.11 Å². The van der Waals surface area contributed by atoms with Gasteiger partial charge in [0, 0.05) is 37.4 Å². The predicted octanol–water partition coefficient (Wildman–Crippen LogP) is 4.57. The van der Waals surface area contributed by atoms with Crippen LogP contribution in [0, 0.1) is 0 Å². The van der Waals surface area contributed by atoms with Crippen molar-refractivity contribution in [3.63, 3.8) is 0 Å². The van der Waals surface area contributed by atoms with Crippen LogP contribution in [-0.4, -0.2) is 60.0 Å². The zero-order valence-electron chi connectivity index (χ0n) is 20.3. The molecule has 1 aliphatic rings. The molecule has 3 N–H and O–H groups in total. The van der Waals surface area contributed by atoms with E-state index in [-0.39, 0.29) is 30.6 Å². The van der Waals surface area contributed by atoms with Crippen LogP contribution in [0.25, 0.3) is 0 Å². The van der Waals surface area contributed by atoms with Crippen molar-refractivity contribution in [1.29, 1.82) is 0 Å². The summed E-state index contributed by atoms with van der Waals surface area (Å²) >= 11 is 0. The fraction of sp³-hybridized carbons (Fsp3) is 0.417. The number of nitrogens with one attached hydrogen (secondary N) is 2. The molecule has 1 heterocycles. The highest BCUT2D eigenvalue weighted by Gasteiger charge is 2.35. The Morgan fingerprint density at radius 3 is 2.27 bits per heavy atom. The summed E-state index contributed by atoms with van der Waals surface area (Å²) in [7, 11) is -3.87. The van der Waals surface area contributed by atoms with Gasteiger partial charge >= 0.3 is 18.3 Å². The minimum absolute atomic E-state index is 0.00727. The van der Waals surface area contributed by atoms with Crippen LogP contribution in [0.15, 0.2) is 53.4 Å². The molecule has 37 heavy (non-hydrogen) atoms. The second-order valence-electron chi connectivity index (χ2n) is 8.97. The number of hydrogen-bond donors (Lipinski definition) is 3. The number of benzene rings is 2. The largest absolute Gasteiger partial charge is 0.465 e. The Labute approximate surface area is 213 Å². The molecule has 0 radical (unpaired) electrons. The first kappa shape index (κ1) is 28.3. The number of rotatable bonds is 8. The van der Waals surface area contributed by atoms with E-state index < -0.39 is 39.9 Å². The van der Waals surface area contributed by atoms with Gasteiger partial charge in [0.25, 0.3) is 0 Å². The van der Waals surface area contributed by atoms with Gasteiger partial charge in [-0.15, -0.1) is 0 Å². The SMILES string of the molecule is CC(C)N(Cc1ccc(C(F)(F)F)cc1)C(=O)Nc1ccc(S(=O)(=O)N2CCC[C@@H]2CNC(=O)O)cc1. The van der Waals surface area contributed by atoms with Crippen molar-refractivity contribution >= 4 is 27.8 Å². The molecule has 0 aromatic heterocycles. The number of carbonyl (C=O) groups excluding carboxylic acids is 1. The van der Waals surface area contributed by atoms with E-state index in [2.05, 4.69) is 10.6 Å². The van der Waals surface area contributed by atoms with Crippen molar-refractivity contribution in [1.82, 2.24) is 14.5 Å². The Balaban J connectivity index is 1.68. The van der Waals surface area contributed by atoms with Gasteiger partial charge in [-0.05, 0) is 68.7 Å². The normalized spacial score (nSPS) is 16.5. The maximum atomic E-state index is 13.1. The fourth-order valence-electron chi connectivity index (χ4n) is 4.06. The molecule has 0 aliphatic carbocycles. The van der Waals surface area contributed by atoms with Crippen LogP contribution in [0.3, 0.4) is 0 Å². The lowest BCUT2D eigenvalue weighted by molar-refractivity contribution is -0.137. The van der Waals surface area contributed by atoms with E-state index in [0.29, 0.717) is 24.1 Å². The third kappa shape index (κ3) is 7.13. The maximum absolute atomic E-state index is 13.1. The van der Waals surface area contributed by atoms with Crippen molar-refractivity contribution in [2.45, 2.75) is 56.4 Å². The van der Waals surface area contributed by atoms with Gasteiger partial charge in [0.15, 0.2) is 0 Å². The fourth-order valence-corrected chi connectivity index (χ4v) is 5.75. The van der Waals surface area contributed by atoms with Crippen LogP contribution >= 0.6 is 0 Å². The number of carboxylic acid groups (broad SMARTS) is 1. The molecule has 1 fully saturated rings. The Bertz CT molecular complexity index is 1200. The first-order valence-corrected chi connectivity index (χ1v) is 13.1. The highest BCUT2D eigenvalue weighted by atomic mass is 32.2. The molecule has 0 saturated carbocycles. The average Bonchev–Trinajstić information content (AvgIpc) is 3.31. The highest BCUT2D eigenvalue weighted by Crippen LogP contribution is 2.30. The van der Waals surface area contributed by atoms with Crippen LogP contribution in [0.1, 0.15) is 37.8 Å². The second-order valence-corrected chi connectivity index (χ2v) is 10.9. The zero-order chi connectivity index (χ0) is 27.4. The smallest absolute Gasteiger partial charge is 0.416 e. The average molecular weight is 543 g/mol. The Kier molecular flexibility index (Phi) is 8.69. The number of nitrogens with zero attached hydrogens (tertiary/aromatic N) is 2. The topological polar surface area (TPSA) is 119 Å². The minimum Gasteiger partial charge on any atom is -0.465 e. The summed E-state index contributed by atoms with van der Waals surface area (Å²) in [4.78, 5) is 25.1. The molecule has 0 bridgehead atoms. The zero-order valence-corrected chi connectivity index (χ0v) is 21.1. The number of urea groups is 1. The van der Waals surface area contributed by atoms with Crippen LogP contribution < -0.4 is 10.6 Å². The van der Waals surface area contributed by atoms with Crippen LogP contribution in [0.2, 0.25) is 0 Å². The molecule has 3 rings (SSSR count). The lowest BCUT2D eigenvalue weighted by atomic mass is 10.1. The Morgan fingerprint density at radius 1 is 1.11 bits per heavy atom. The number of anilines is 1. The Hall–Kier alpha value is -3.32. The number of alkyl halides is 3. The van der Waals surface area contributed by atoms with Crippen molar-refractivity contribution in [3.8, 4) is 0 Å². The van der Waals surface area contributed by atoms with Crippen LogP contribution in [0.4, 0.5) is 28.4 Å². The molecular weight excluding hydrogens is 513 g/mol. The molecule has 3 amide bonds. The van der Waals surface area contributed by atoms with E-state index in [1.54, 1.807) is 13.8 Å². The molecule has 2 aromatic rings. The van der Waals surface area contributed by atoms with E-state index in [9.17, 15) is 31.2 Å². The first-order chi connectivity index (χ1) is 17.3. The predicted molar refractivity (Wildman–Crippen MR) is 131 cm³/mol. The third-order valence-corrected chi connectivity index (χ3v) is 8.01. The van der Waals surface area contributed by atoms with Gasteiger partial charge in [-0.3, -0.25) is 0 Å². The molecule has 202 valence electrons. The number of halogens is 3. The van der Waals surface area contributed by atoms with Gasteiger partial charge in [0.1, 0.15) is 0 Å². The van der Waals surface area contributed by atoms with Crippen LogP contribution in [0.5, 0.6) is 0 Å². The van der Waals surface area contributed by atoms with Crippen LogP contribution in [-0.2, 0) is 22.7 Å². The van der Waals surface area contributed by atoms with E-state index in [0.717, 1.165) is 12.1 Å². The molecule has 0 spiro atoms. The number of hydrogen-bond acceptors (Lipinski definition) is 4. The quantitative estimate of drug-likeness (QED) is 0.452. The molecule has 13 heteroatoms. The van der Waals surface area contributed by atoms with Gasteiger partial charge < -0.3 is 20.6 Å². The number of amides is 3. The summed E-state index contributed by atoms with van der Waals surface area (Å²) in [5, 5.41) is 13.7. The van der Waals surface area contributed by atoms with Gasteiger partial charge in [0.2, 0.25) is 10.0 Å². The van der Waals surface area contributed by atoms with E-state index in [1.807, 2.05) is 0 Å². The van der Waals surface area contributed by atoms with Gasteiger partial charge in [0.05, 0.1) is 10.5 Å². The summed E-state index contributed by atoms with van der Waals surface area (Å²) in [6.45, 7) is 3.89. The number of carbonyl (C=O) groups is 2. The molecule has 1 saturated heterocycles. The monoisotopic (exact) mass is 542 g/mol. The van der Waals surface area contributed by atoms with E-state index in [1.165, 1.54) is 45.6 Å². The lowest BCUT2D eigenvalue weighted by Crippen LogP contribution is -2.42. The van der Waals surface area contributed by atoms with Crippen molar-refractivity contribution in [2.24, 2.45) is 0 Å². The third-order valence-electron chi connectivity index (χ3n) is 6.04. The molecule has 1 atom stereocenters. The lowest BCUT2D eigenvalue weighted by Gasteiger charge is -2.27. The standard InChI is InChI=1S/C24H29F3N4O5S/c1-16(2)30(15-17-5-7-18(8-6-17)24(25,26)27)22(32)29-19-9-11-21(12-10-19)37(35,36)31-13-3-4-20(31)14-28-23(33)34/h5-12,16,20,28H,3-4,13-15H2,1-2H3,(H,29,32)(H,33,34)/t20-/m1/s1. The van der Waals surface area contributed by atoms with Gasteiger partial charge in [-0.25, -0.2) is 18.0 Å². The van der Waals surface area contributed by atoms with Gasteiger partial charge in [-0.1, -0.05) is 12.1 Å². The summed E-state index contributed by atoms with van der Waals surface area (Å²) in [5.41, 5.74) is 0.0913. The van der Waals surface area contributed by atoms with Crippen molar-refractivity contribution in [3.05, 3.63) is 59.7 Å². The van der Waals surface area contributed by atoms with Gasteiger partial charge in [-0.2, -0.15) is 17.5 Å². The molecule has 2 aromatic carbocycles. The molecule has 1 aliphatic heterocycles. The Morgan fingerprint density at radius 2 is 1.73 bits per heavy atom. The highest BCUT2D eigenvalue weighted by molar-refractivity contribution is 7.89. The summed E-state index contributed by atoms with van der Waals surface area (Å²) < 4.78 is 65.9. The summed E-state index contributed by atoms with van der Waals surface area (Å²) in [6, 6.07) is 8.95. The minimum atomic E-state index is -4.45. The molecule has 0 unspecified atom stereocenters. The summed E-state index contributed by atoms with van der Waals surface area (Å²) in [6.07, 6.45) is -4.52. The maximum Gasteiger partial charge on any atom is 0.416 e.